The molecular formula is C18H29N3O2. The molecule has 0 bridgehead atoms. The van der Waals surface area contributed by atoms with Gasteiger partial charge in [0.15, 0.2) is 0 Å². The molecule has 0 unspecified atom stereocenters. The maximum absolute atomic E-state index is 12.3. The van der Waals surface area contributed by atoms with Crippen molar-refractivity contribution in [3.8, 4) is 0 Å². The molecule has 1 saturated carbocycles. The molecule has 0 atom stereocenters. The largest absolute Gasteiger partial charge is 0.377 e. The Morgan fingerprint density at radius 1 is 1.30 bits per heavy atom. The van der Waals surface area contributed by atoms with Crippen LogP contribution >= 0.6 is 0 Å². The van der Waals surface area contributed by atoms with Gasteiger partial charge in [-0.25, -0.2) is 4.98 Å². The van der Waals surface area contributed by atoms with Crippen LogP contribution in [0.25, 0.3) is 0 Å². The van der Waals surface area contributed by atoms with Crippen LogP contribution in [0, 0.1) is 18.8 Å². The Morgan fingerprint density at radius 3 is 2.65 bits per heavy atom. The lowest BCUT2D eigenvalue weighted by atomic mass is 9.83. The molecule has 2 fully saturated rings. The van der Waals surface area contributed by atoms with Crippen LogP contribution in [-0.4, -0.2) is 40.6 Å². The monoisotopic (exact) mass is 319 g/mol. The molecular weight excluding hydrogens is 290 g/mol. The molecule has 1 saturated heterocycles. The fraction of sp³-hybridized carbons (Fsp3) is 0.778. The molecule has 128 valence electrons. The maximum atomic E-state index is 12.3. The summed E-state index contributed by atoms with van der Waals surface area (Å²) < 4.78 is 7.50. The number of methoxy groups -OCH3 is 1. The molecule has 0 N–H and O–H groups in total. The van der Waals surface area contributed by atoms with Crippen molar-refractivity contribution < 1.29 is 9.53 Å². The molecule has 1 aromatic rings. The smallest absolute Gasteiger partial charge is 0.225 e. The van der Waals surface area contributed by atoms with Crippen molar-refractivity contribution in [1.82, 2.24) is 14.5 Å². The summed E-state index contributed by atoms with van der Waals surface area (Å²) in [5.41, 5.74) is 1.20. The van der Waals surface area contributed by atoms with Crippen LogP contribution in [0.5, 0.6) is 0 Å². The van der Waals surface area contributed by atoms with Gasteiger partial charge in [0.25, 0.3) is 0 Å². The minimum Gasteiger partial charge on any atom is -0.377 e. The molecule has 0 spiro atoms. The lowest BCUT2D eigenvalue weighted by molar-refractivity contribution is -0.139. The second kappa shape index (κ2) is 7.47. The number of hydrogen-bond acceptors (Lipinski definition) is 3. The number of carbonyl (C=O) groups is 1. The number of carbonyl (C=O) groups excluding carboxylic acids is 1. The van der Waals surface area contributed by atoms with E-state index in [2.05, 4.69) is 21.4 Å². The Morgan fingerprint density at radius 2 is 2.04 bits per heavy atom. The molecule has 1 amide bonds. The molecule has 23 heavy (non-hydrogen) atoms. The van der Waals surface area contributed by atoms with Crippen LogP contribution in [0.2, 0.25) is 0 Å². The lowest BCUT2D eigenvalue weighted by Crippen LogP contribution is -2.43. The zero-order valence-electron chi connectivity index (χ0n) is 14.5. The zero-order chi connectivity index (χ0) is 16.2. The van der Waals surface area contributed by atoms with Crippen molar-refractivity contribution in [2.24, 2.45) is 11.8 Å². The summed E-state index contributed by atoms with van der Waals surface area (Å²) in [7, 11) is 1.71. The minimum absolute atomic E-state index is 0.344. The van der Waals surface area contributed by atoms with E-state index in [1.165, 1.54) is 18.5 Å². The van der Waals surface area contributed by atoms with E-state index >= 15 is 0 Å². The van der Waals surface area contributed by atoms with Gasteiger partial charge >= 0.3 is 0 Å². The molecule has 5 nitrogen and oxygen atoms in total. The van der Waals surface area contributed by atoms with Gasteiger partial charge in [0.1, 0.15) is 12.4 Å². The van der Waals surface area contributed by atoms with E-state index in [1.807, 2.05) is 6.20 Å². The first kappa shape index (κ1) is 16.5. The van der Waals surface area contributed by atoms with E-state index in [9.17, 15) is 4.79 Å². The van der Waals surface area contributed by atoms with Crippen LogP contribution in [0.15, 0.2) is 6.20 Å². The quantitative estimate of drug-likeness (QED) is 0.810. The van der Waals surface area contributed by atoms with Gasteiger partial charge in [-0.05, 0) is 44.9 Å². The van der Waals surface area contributed by atoms with E-state index in [0.717, 1.165) is 57.1 Å². The predicted molar refractivity (Wildman–Crippen MR) is 88.9 cm³/mol. The Hall–Kier alpha value is -1.36. The topological polar surface area (TPSA) is 47.4 Å². The molecule has 1 aromatic heterocycles. The van der Waals surface area contributed by atoms with Crippen molar-refractivity contribution in [3.05, 3.63) is 17.7 Å². The highest BCUT2D eigenvalue weighted by atomic mass is 16.5. The van der Waals surface area contributed by atoms with Gasteiger partial charge in [-0.1, -0.05) is 6.42 Å². The summed E-state index contributed by atoms with van der Waals surface area (Å²) in [5.74, 6) is 2.50. The lowest BCUT2D eigenvalue weighted by Gasteiger charge is -2.36. The van der Waals surface area contributed by atoms with Crippen molar-refractivity contribution >= 4 is 5.91 Å². The van der Waals surface area contributed by atoms with Crippen LogP contribution in [-0.2, 0) is 22.7 Å². The van der Waals surface area contributed by atoms with Gasteiger partial charge in [-0.3, -0.25) is 4.79 Å². The number of likely N-dealkylation sites (tertiary alicyclic amines) is 1. The second-order valence-corrected chi connectivity index (χ2v) is 7.09. The third kappa shape index (κ3) is 3.77. The highest BCUT2D eigenvalue weighted by Crippen LogP contribution is 2.30. The molecule has 2 aliphatic rings. The number of hydrogen-bond donors (Lipinski definition) is 0. The van der Waals surface area contributed by atoms with Crippen LogP contribution < -0.4 is 0 Å². The van der Waals surface area contributed by atoms with E-state index in [-0.39, 0.29) is 0 Å². The third-order valence-corrected chi connectivity index (χ3v) is 5.55. The average molecular weight is 319 g/mol. The van der Waals surface area contributed by atoms with Crippen molar-refractivity contribution in [2.45, 2.75) is 58.6 Å². The van der Waals surface area contributed by atoms with Crippen LogP contribution in [0.4, 0.5) is 0 Å². The number of aryl methyl sites for hydroxylation is 1. The minimum atomic E-state index is 0.344. The van der Waals surface area contributed by atoms with Gasteiger partial charge in [0, 0.05) is 44.6 Å². The van der Waals surface area contributed by atoms with E-state index in [4.69, 9.17) is 4.74 Å². The number of aromatic nitrogens is 2. The molecule has 5 heteroatoms. The van der Waals surface area contributed by atoms with E-state index in [0.29, 0.717) is 18.4 Å². The number of amides is 1. The maximum Gasteiger partial charge on any atom is 0.225 e. The first-order chi connectivity index (χ1) is 11.2. The van der Waals surface area contributed by atoms with Gasteiger partial charge in [0.05, 0.1) is 0 Å². The predicted octanol–water partition coefficient (Wildman–Crippen LogP) is 2.77. The van der Waals surface area contributed by atoms with Crippen molar-refractivity contribution in [2.75, 3.05) is 20.2 Å². The molecule has 1 aliphatic carbocycles. The highest BCUT2D eigenvalue weighted by molar-refractivity contribution is 5.79. The third-order valence-electron chi connectivity index (χ3n) is 5.55. The molecule has 1 aliphatic heterocycles. The van der Waals surface area contributed by atoms with Crippen molar-refractivity contribution in [3.63, 3.8) is 0 Å². The average Bonchev–Trinajstić information content (AvgIpc) is 2.85. The normalized spacial score (nSPS) is 19.8. The number of imidazole rings is 1. The van der Waals surface area contributed by atoms with Crippen LogP contribution in [0.1, 0.15) is 50.0 Å². The summed E-state index contributed by atoms with van der Waals surface area (Å²) in [6.45, 7) is 5.58. The standard InChI is InChI=1S/C18H29N3O2/c1-14-12-19-17(13-23-2)21(14)11-8-15-6-9-20(10-7-15)18(22)16-4-3-5-16/h12,15-16H,3-11,13H2,1-2H3. The highest BCUT2D eigenvalue weighted by Gasteiger charge is 2.31. The van der Waals surface area contributed by atoms with Gasteiger partial charge in [0.2, 0.25) is 5.91 Å². The van der Waals surface area contributed by atoms with Crippen LogP contribution in [0.3, 0.4) is 0 Å². The van der Waals surface area contributed by atoms with Gasteiger partial charge < -0.3 is 14.2 Å². The molecule has 0 radical (unpaired) electrons. The Bertz CT molecular complexity index is 528. The number of piperidine rings is 1. The second-order valence-electron chi connectivity index (χ2n) is 7.09. The number of rotatable bonds is 6. The Labute approximate surface area is 139 Å². The summed E-state index contributed by atoms with van der Waals surface area (Å²) in [4.78, 5) is 18.8. The van der Waals surface area contributed by atoms with Gasteiger partial charge in [-0.15, -0.1) is 0 Å². The fourth-order valence-corrected chi connectivity index (χ4v) is 3.73. The SMILES string of the molecule is COCc1ncc(C)n1CCC1CCN(C(=O)C2CCC2)CC1. The first-order valence-electron chi connectivity index (χ1n) is 8.97. The van der Waals surface area contributed by atoms with E-state index < -0.39 is 0 Å². The van der Waals surface area contributed by atoms with Crippen molar-refractivity contribution in [1.29, 1.82) is 0 Å². The Balaban J connectivity index is 1.46. The zero-order valence-corrected chi connectivity index (χ0v) is 14.5. The molecule has 2 heterocycles. The molecule has 3 rings (SSSR count). The van der Waals surface area contributed by atoms with E-state index in [1.54, 1.807) is 7.11 Å². The van der Waals surface area contributed by atoms with Gasteiger partial charge in [-0.2, -0.15) is 0 Å². The first-order valence-corrected chi connectivity index (χ1v) is 8.97. The summed E-state index contributed by atoms with van der Waals surface area (Å²) in [6.07, 6.45) is 8.84. The number of nitrogens with zero attached hydrogens (tertiary/aromatic N) is 3. The summed E-state index contributed by atoms with van der Waals surface area (Å²) in [5, 5.41) is 0. The fourth-order valence-electron chi connectivity index (χ4n) is 3.73. The summed E-state index contributed by atoms with van der Waals surface area (Å²) >= 11 is 0. The Kier molecular flexibility index (Phi) is 5.36. The molecule has 0 aromatic carbocycles. The number of ether oxygens (including phenoxy) is 1. The summed E-state index contributed by atoms with van der Waals surface area (Å²) in [6, 6.07) is 0.